The fraction of sp³-hybridized carbons (Fsp3) is 0.333. The Balaban J connectivity index is 3.22. The van der Waals surface area contributed by atoms with Crippen molar-refractivity contribution in [2.24, 2.45) is 0 Å². The first kappa shape index (κ1) is 14.0. The Labute approximate surface area is 102 Å². The highest BCUT2D eigenvalue weighted by atomic mass is 19.3. The molecule has 0 bridgehead atoms. The van der Waals surface area contributed by atoms with Gasteiger partial charge in [-0.3, -0.25) is 4.79 Å². The molecule has 1 aromatic rings. The predicted molar refractivity (Wildman–Crippen MR) is 56.4 cm³/mol. The molecule has 6 heteroatoms. The zero-order chi connectivity index (χ0) is 13.7. The van der Waals surface area contributed by atoms with Gasteiger partial charge >= 0.3 is 5.97 Å². The van der Waals surface area contributed by atoms with Crippen molar-refractivity contribution in [3.63, 3.8) is 0 Å². The van der Waals surface area contributed by atoms with Gasteiger partial charge in [0, 0.05) is 5.56 Å². The van der Waals surface area contributed by atoms with E-state index >= 15 is 0 Å². The molecule has 0 aliphatic carbocycles. The number of nitrogens with zero attached hydrogens (tertiary/aromatic N) is 1. The molecule has 96 valence electrons. The molecule has 1 rings (SSSR count). The molecular formula is C12H10F3NO2. The normalized spacial score (nSPS) is 10.2. The SMILES string of the molecule is CCOC(=O)Cc1c(C#N)cc(F)cc1C(F)F. The molecule has 0 unspecified atom stereocenters. The molecule has 3 nitrogen and oxygen atoms in total. The lowest BCUT2D eigenvalue weighted by Crippen LogP contribution is -2.11. The molecule has 0 spiro atoms. The van der Waals surface area contributed by atoms with Crippen molar-refractivity contribution in [1.29, 1.82) is 5.26 Å². The van der Waals surface area contributed by atoms with Gasteiger partial charge in [-0.25, -0.2) is 13.2 Å². The van der Waals surface area contributed by atoms with Crippen LogP contribution in [0.4, 0.5) is 13.2 Å². The minimum absolute atomic E-state index is 0.103. The van der Waals surface area contributed by atoms with Gasteiger partial charge in [0.15, 0.2) is 0 Å². The fourth-order valence-corrected chi connectivity index (χ4v) is 1.51. The number of carbonyl (C=O) groups is 1. The van der Waals surface area contributed by atoms with Gasteiger partial charge < -0.3 is 4.74 Å². The van der Waals surface area contributed by atoms with Gasteiger partial charge in [0.1, 0.15) is 5.82 Å². The quantitative estimate of drug-likeness (QED) is 0.779. The van der Waals surface area contributed by atoms with E-state index in [1.54, 1.807) is 13.0 Å². The van der Waals surface area contributed by atoms with Crippen LogP contribution >= 0.6 is 0 Å². The van der Waals surface area contributed by atoms with E-state index in [1.165, 1.54) is 0 Å². The number of esters is 1. The lowest BCUT2D eigenvalue weighted by Gasteiger charge is -2.10. The highest BCUT2D eigenvalue weighted by Crippen LogP contribution is 2.27. The van der Waals surface area contributed by atoms with Gasteiger partial charge in [0.2, 0.25) is 0 Å². The molecular weight excluding hydrogens is 247 g/mol. The molecule has 0 fully saturated rings. The van der Waals surface area contributed by atoms with Gasteiger partial charge in [0.05, 0.1) is 24.7 Å². The van der Waals surface area contributed by atoms with E-state index in [9.17, 15) is 18.0 Å². The molecule has 0 aliphatic rings. The van der Waals surface area contributed by atoms with Crippen molar-refractivity contribution in [2.75, 3.05) is 6.61 Å². The van der Waals surface area contributed by atoms with Crippen molar-refractivity contribution in [3.8, 4) is 6.07 Å². The maximum Gasteiger partial charge on any atom is 0.310 e. The number of benzene rings is 1. The summed E-state index contributed by atoms with van der Waals surface area (Å²) in [6, 6.07) is 3.04. The number of rotatable bonds is 4. The second-order valence-corrected chi connectivity index (χ2v) is 3.42. The average molecular weight is 257 g/mol. The van der Waals surface area contributed by atoms with Crippen molar-refractivity contribution in [3.05, 3.63) is 34.6 Å². The summed E-state index contributed by atoms with van der Waals surface area (Å²) in [5.74, 6) is -1.67. The highest BCUT2D eigenvalue weighted by molar-refractivity contribution is 5.74. The third-order valence-corrected chi connectivity index (χ3v) is 2.23. The summed E-state index contributed by atoms with van der Waals surface area (Å²) in [5, 5.41) is 8.78. The maximum absolute atomic E-state index is 13.0. The highest BCUT2D eigenvalue weighted by Gasteiger charge is 2.20. The van der Waals surface area contributed by atoms with Crippen LogP contribution in [-0.4, -0.2) is 12.6 Å². The summed E-state index contributed by atoms with van der Waals surface area (Å²) in [6.07, 6.45) is -3.44. The number of hydrogen-bond acceptors (Lipinski definition) is 3. The maximum atomic E-state index is 13.0. The molecule has 18 heavy (non-hydrogen) atoms. The number of alkyl halides is 2. The van der Waals surface area contributed by atoms with Gasteiger partial charge in [-0.1, -0.05) is 0 Å². The fourth-order valence-electron chi connectivity index (χ4n) is 1.51. The lowest BCUT2D eigenvalue weighted by atomic mass is 9.98. The Morgan fingerprint density at radius 1 is 1.50 bits per heavy atom. The van der Waals surface area contributed by atoms with Crippen LogP contribution in [0, 0.1) is 17.1 Å². The van der Waals surface area contributed by atoms with Crippen LogP contribution in [0.1, 0.15) is 30.0 Å². The molecule has 0 aromatic heterocycles. The van der Waals surface area contributed by atoms with Crippen LogP contribution in [0.15, 0.2) is 12.1 Å². The minimum atomic E-state index is -2.96. The smallest absolute Gasteiger partial charge is 0.310 e. The van der Waals surface area contributed by atoms with Gasteiger partial charge in [-0.05, 0) is 24.6 Å². The Hall–Kier alpha value is -2.03. The van der Waals surface area contributed by atoms with Crippen LogP contribution in [0.2, 0.25) is 0 Å². The van der Waals surface area contributed by atoms with E-state index in [2.05, 4.69) is 4.74 Å². The third kappa shape index (κ3) is 3.23. The zero-order valence-corrected chi connectivity index (χ0v) is 9.54. The summed E-state index contributed by atoms with van der Waals surface area (Å²) in [4.78, 5) is 11.3. The van der Waals surface area contributed by atoms with Crippen LogP contribution in [-0.2, 0) is 16.0 Å². The van der Waals surface area contributed by atoms with Crippen molar-refractivity contribution < 1.29 is 22.7 Å². The molecule has 0 saturated heterocycles. The van der Waals surface area contributed by atoms with Crippen molar-refractivity contribution >= 4 is 5.97 Å². The number of ether oxygens (including phenoxy) is 1. The minimum Gasteiger partial charge on any atom is -0.466 e. The Bertz CT molecular complexity index is 495. The van der Waals surface area contributed by atoms with E-state index < -0.39 is 30.2 Å². The number of nitriles is 1. The van der Waals surface area contributed by atoms with E-state index in [1.807, 2.05) is 0 Å². The van der Waals surface area contributed by atoms with Gasteiger partial charge in [-0.15, -0.1) is 0 Å². The van der Waals surface area contributed by atoms with Gasteiger partial charge in [-0.2, -0.15) is 5.26 Å². The number of halogens is 3. The van der Waals surface area contributed by atoms with E-state index in [-0.39, 0.29) is 17.7 Å². The largest absolute Gasteiger partial charge is 0.466 e. The van der Waals surface area contributed by atoms with Crippen LogP contribution < -0.4 is 0 Å². The Kier molecular flexibility index (Phi) is 4.72. The first-order chi connectivity index (χ1) is 8.49. The summed E-state index contributed by atoms with van der Waals surface area (Å²) in [5.41, 5.74) is -1.12. The molecule has 0 amide bonds. The standard InChI is InChI=1S/C12H10F3NO2/c1-2-18-11(17)5-9-7(6-16)3-8(13)4-10(9)12(14)15/h3-4,12H,2,5H2,1H3. The van der Waals surface area contributed by atoms with Crippen molar-refractivity contribution in [2.45, 2.75) is 19.8 Å². The van der Waals surface area contributed by atoms with E-state index in [0.29, 0.717) is 6.07 Å². The molecule has 0 aliphatic heterocycles. The van der Waals surface area contributed by atoms with E-state index in [4.69, 9.17) is 5.26 Å². The predicted octanol–water partition coefficient (Wildman–Crippen LogP) is 2.74. The summed E-state index contributed by atoms with van der Waals surface area (Å²) >= 11 is 0. The summed E-state index contributed by atoms with van der Waals surface area (Å²) in [6.45, 7) is 1.67. The van der Waals surface area contributed by atoms with Gasteiger partial charge in [0.25, 0.3) is 6.43 Å². The number of carbonyl (C=O) groups excluding carboxylic acids is 1. The second-order valence-electron chi connectivity index (χ2n) is 3.42. The Morgan fingerprint density at radius 2 is 2.17 bits per heavy atom. The molecule has 1 aromatic carbocycles. The topological polar surface area (TPSA) is 50.1 Å². The molecule has 0 saturated carbocycles. The molecule has 0 radical (unpaired) electrons. The van der Waals surface area contributed by atoms with Crippen LogP contribution in [0.3, 0.4) is 0 Å². The second kappa shape index (κ2) is 6.05. The summed E-state index contributed by atoms with van der Waals surface area (Å²) < 4.78 is 43.1. The first-order valence-electron chi connectivity index (χ1n) is 5.15. The number of hydrogen-bond donors (Lipinski definition) is 0. The van der Waals surface area contributed by atoms with Crippen molar-refractivity contribution in [1.82, 2.24) is 0 Å². The zero-order valence-electron chi connectivity index (χ0n) is 9.54. The molecule has 0 N–H and O–H groups in total. The van der Waals surface area contributed by atoms with E-state index in [0.717, 1.165) is 6.07 Å². The third-order valence-electron chi connectivity index (χ3n) is 2.23. The molecule has 0 atom stereocenters. The Morgan fingerprint density at radius 3 is 2.67 bits per heavy atom. The monoisotopic (exact) mass is 257 g/mol. The molecule has 0 heterocycles. The van der Waals surface area contributed by atoms with Crippen LogP contribution in [0.5, 0.6) is 0 Å². The summed E-state index contributed by atoms with van der Waals surface area (Å²) in [7, 11) is 0. The lowest BCUT2D eigenvalue weighted by molar-refractivity contribution is -0.142. The van der Waals surface area contributed by atoms with Crippen LogP contribution in [0.25, 0.3) is 0 Å². The first-order valence-corrected chi connectivity index (χ1v) is 5.15. The average Bonchev–Trinajstić information content (AvgIpc) is 2.30.